The standard InChI is InChI=1S/C19H20N4O2S/c1-13(26-19-20-14(2)22-23-19)18(24)21-16-8-10-17(11-9-16)25-12-15-6-4-3-5-7-15/h3-11,13H,12H2,1-2H3,(H,21,24)(H,20,22,23). The fourth-order valence-corrected chi connectivity index (χ4v) is 2.98. The Morgan fingerprint density at radius 2 is 1.92 bits per heavy atom. The molecule has 0 fully saturated rings. The molecule has 26 heavy (non-hydrogen) atoms. The van der Waals surface area contributed by atoms with Crippen LogP contribution in [0.4, 0.5) is 5.69 Å². The number of nitrogens with zero attached hydrogens (tertiary/aromatic N) is 2. The molecule has 1 heterocycles. The molecule has 2 aromatic carbocycles. The molecule has 0 spiro atoms. The van der Waals surface area contributed by atoms with Crippen LogP contribution >= 0.6 is 11.8 Å². The summed E-state index contributed by atoms with van der Waals surface area (Å²) in [6.45, 7) is 4.16. The van der Waals surface area contributed by atoms with Crippen LogP contribution in [0.1, 0.15) is 18.3 Å². The maximum absolute atomic E-state index is 12.3. The Bertz CT molecular complexity index is 849. The van der Waals surface area contributed by atoms with Gasteiger partial charge in [-0.1, -0.05) is 42.1 Å². The summed E-state index contributed by atoms with van der Waals surface area (Å²) in [5, 5.41) is 9.94. The summed E-state index contributed by atoms with van der Waals surface area (Å²) >= 11 is 1.31. The number of ether oxygens (including phenoxy) is 1. The lowest BCUT2D eigenvalue weighted by Crippen LogP contribution is -2.22. The third kappa shape index (κ3) is 5.10. The van der Waals surface area contributed by atoms with E-state index in [9.17, 15) is 4.79 Å². The summed E-state index contributed by atoms with van der Waals surface area (Å²) < 4.78 is 5.74. The first-order chi connectivity index (χ1) is 12.6. The third-order valence-electron chi connectivity index (χ3n) is 3.60. The van der Waals surface area contributed by atoms with Crippen molar-refractivity contribution >= 4 is 23.4 Å². The lowest BCUT2D eigenvalue weighted by atomic mass is 10.2. The van der Waals surface area contributed by atoms with Crippen molar-refractivity contribution in [1.29, 1.82) is 0 Å². The number of benzene rings is 2. The number of amides is 1. The Morgan fingerprint density at radius 3 is 2.58 bits per heavy atom. The monoisotopic (exact) mass is 368 g/mol. The molecule has 0 aliphatic rings. The minimum absolute atomic E-state index is 0.101. The van der Waals surface area contributed by atoms with Gasteiger partial charge in [-0.05, 0) is 43.7 Å². The number of nitrogens with one attached hydrogen (secondary N) is 2. The quantitative estimate of drug-likeness (QED) is 0.620. The van der Waals surface area contributed by atoms with Gasteiger partial charge in [-0.2, -0.15) is 0 Å². The molecule has 0 saturated heterocycles. The molecule has 6 nitrogen and oxygen atoms in total. The number of rotatable bonds is 7. The Morgan fingerprint density at radius 1 is 1.19 bits per heavy atom. The van der Waals surface area contributed by atoms with E-state index in [1.807, 2.05) is 68.4 Å². The van der Waals surface area contributed by atoms with Crippen LogP contribution in [0, 0.1) is 6.92 Å². The predicted octanol–water partition coefficient (Wildman–Crippen LogP) is 3.81. The molecule has 0 saturated carbocycles. The highest BCUT2D eigenvalue weighted by Crippen LogP contribution is 2.22. The van der Waals surface area contributed by atoms with Gasteiger partial charge < -0.3 is 10.1 Å². The van der Waals surface area contributed by atoms with E-state index in [4.69, 9.17) is 4.74 Å². The Balaban J connectivity index is 1.50. The van der Waals surface area contributed by atoms with Crippen LogP contribution < -0.4 is 10.1 Å². The van der Waals surface area contributed by atoms with Crippen molar-refractivity contribution in [3.8, 4) is 5.75 Å². The number of carbonyl (C=O) groups excluding carboxylic acids is 1. The number of H-pyrrole nitrogens is 1. The van der Waals surface area contributed by atoms with Crippen LogP contribution in [-0.2, 0) is 11.4 Å². The molecule has 0 radical (unpaired) electrons. The number of hydrogen-bond donors (Lipinski definition) is 2. The van der Waals surface area contributed by atoms with Crippen LogP contribution in [0.25, 0.3) is 0 Å². The Kier molecular flexibility index (Phi) is 5.91. The summed E-state index contributed by atoms with van der Waals surface area (Å²) in [4.78, 5) is 16.5. The summed E-state index contributed by atoms with van der Waals surface area (Å²) in [6, 6.07) is 17.3. The van der Waals surface area contributed by atoms with E-state index in [0.717, 1.165) is 22.8 Å². The fourth-order valence-electron chi connectivity index (χ4n) is 2.21. The van der Waals surface area contributed by atoms with Crippen LogP contribution in [0.15, 0.2) is 59.8 Å². The molecule has 2 N–H and O–H groups in total. The largest absolute Gasteiger partial charge is 0.489 e. The number of aryl methyl sites for hydroxylation is 1. The Labute approximate surface area is 156 Å². The summed E-state index contributed by atoms with van der Waals surface area (Å²) in [7, 11) is 0. The van der Waals surface area contributed by atoms with Crippen molar-refractivity contribution in [2.75, 3.05) is 5.32 Å². The number of anilines is 1. The maximum Gasteiger partial charge on any atom is 0.237 e. The highest BCUT2D eigenvalue weighted by Gasteiger charge is 2.16. The van der Waals surface area contributed by atoms with Crippen molar-refractivity contribution in [2.45, 2.75) is 30.9 Å². The van der Waals surface area contributed by atoms with Crippen LogP contribution in [0.5, 0.6) is 5.75 Å². The topological polar surface area (TPSA) is 79.9 Å². The summed E-state index contributed by atoms with van der Waals surface area (Å²) in [5.74, 6) is 1.38. The zero-order valence-electron chi connectivity index (χ0n) is 14.6. The molecule has 134 valence electrons. The highest BCUT2D eigenvalue weighted by atomic mass is 32.2. The van der Waals surface area contributed by atoms with Crippen LogP contribution in [0.2, 0.25) is 0 Å². The van der Waals surface area contributed by atoms with Gasteiger partial charge in [0, 0.05) is 5.69 Å². The molecule has 1 amide bonds. The first-order valence-corrected chi connectivity index (χ1v) is 9.11. The molecule has 1 aromatic heterocycles. The SMILES string of the molecule is Cc1nc(SC(C)C(=O)Nc2ccc(OCc3ccccc3)cc2)n[nH]1. The number of aromatic nitrogens is 3. The van der Waals surface area contributed by atoms with Crippen molar-refractivity contribution in [3.63, 3.8) is 0 Å². The number of aromatic amines is 1. The lowest BCUT2D eigenvalue weighted by molar-refractivity contribution is -0.115. The average Bonchev–Trinajstić information content (AvgIpc) is 3.06. The van der Waals surface area contributed by atoms with Crippen molar-refractivity contribution in [2.24, 2.45) is 0 Å². The molecular formula is C19H20N4O2S. The zero-order chi connectivity index (χ0) is 18.4. The average molecular weight is 368 g/mol. The molecule has 0 aliphatic heterocycles. The first kappa shape index (κ1) is 18.0. The van der Waals surface area contributed by atoms with Crippen molar-refractivity contribution < 1.29 is 9.53 Å². The molecule has 0 bridgehead atoms. The second kappa shape index (κ2) is 8.53. The van der Waals surface area contributed by atoms with Gasteiger partial charge in [0.25, 0.3) is 0 Å². The summed E-state index contributed by atoms with van der Waals surface area (Å²) in [6.07, 6.45) is 0. The Hall–Kier alpha value is -2.80. The highest BCUT2D eigenvalue weighted by molar-refractivity contribution is 8.00. The predicted molar refractivity (Wildman–Crippen MR) is 102 cm³/mol. The van der Waals surface area contributed by atoms with Gasteiger partial charge in [-0.15, -0.1) is 5.10 Å². The number of hydrogen-bond acceptors (Lipinski definition) is 5. The van der Waals surface area contributed by atoms with Gasteiger partial charge in [-0.25, -0.2) is 4.98 Å². The minimum atomic E-state index is -0.306. The van der Waals surface area contributed by atoms with Gasteiger partial charge in [0.2, 0.25) is 11.1 Å². The van der Waals surface area contributed by atoms with E-state index < -0.39 is 0 Å². The fraction of sp³-hybridized carbons (Fsp3) is 0.211. The third-order valence-corrected chi connectivity index (χ3v) is 4.56. The molecular weight excluding hydrogens is 348 g/mol. The van der Waals surface area contributed by atoms with Gasteiger partial charge in [0.15, 0.2) is 0 Å². The van der Waals surface area contributed by atoms with E-state index in [-0.39, 0.29) is 11.2 Å². The van der Waals surface area contributed by atoms with Crippen molar-refractivity contribution in [1.82, 2.24) is 15.2 Å². The zero-order valence-corrected chi connectivity index (χ0v) is 15.4. The van der Waals surface area contributed by atoms with Crippen molar-refractivity contribution in [3.05, 3.63) is 66.0 Å². The van der Waals surface area contributed by atoms with Gasteiger partial charge in [-0.3, -0.25) is 9.89 Å². The smallest absolute Gasteiger partial charge is 0.237 e. The van der Waals surface area contributed by atoms with E-state index in [1.165, 1.54) is 11.8 Å². The van der Waals surface area contributed by atoms with E-state index >= 15 is 0 Å². The molecule has 7 heteroatoms. The molecule has 1 unspecified atom stereocenters. The van der Waals surface area contributed by atoms with Gasteiger partial charge >= 0.3 is 0 Å². The normalized spacial score (nSPS) is 11.8. The minimum Gasteiger partial charge on any atom is -0.489 e. The molecule has 1 atom stereocenters. The van der Waals surface area contributed by atoms with E-state index in [1.54, 1.807) is 0 Å². The molecule has 0 aliphatic carbocycles. The van der Waals surface area contributed by atoms with Crippen LogP contribution in [0.3, 0.4) is 0 Å². The molecule has 3 aromatic rings. The lowest BCUT2D eigenvalue weighted by Gasteiger charge is -2.11. The molecule has 3 rings (SSSR count). The number of thioether (sulfide) groups is 1. The maximum atomic E-state index is 12.3. The van der Waals surface area contributed by atoms with E-state index in [0.29, 0.717) is 11.8 Å². The van der Waals surface area contributed by atoms with Gasteiger partial charge in [0.1, 0.15) is 18.2 Å². The van der Waals surface area contributed by atoms with E-state index in [2.05, 4.69) is 20.5 Å². The first-order valence-electron chi connectivity index (χ1n) is 8.23. The van der Waals surface area contributed by atoms with Crippen LogP contribution in [-0.4, -0.2) is 26.3 Å². The second-order valence-electron chi connectivity index (χ2n) is 5.75. The summed E-state index contributed by atoms with van der Waals surface area (Å²) in [5.41, 5.74) is 1.83. The second-order valence-corrected chi connectivity index (χ2v) is 7.06. The number of carbonyl (C=O) groups is 1. The van der Waals surface area contributed by atoms with Gasteiger partial charge in [0.05, 0.1) is 5.25 Å².